The minimum atomic E-state index is -5.08. The van der Waals surface area contributed by atoms with Gasteiger partial charge in [0.15, 0.2) is 0 Å². The topological polar surface area (TPSA) is 89.0 Å². The predicted molar refractivity (Wildman–Crippen MR) is 105 cm³/mol. The van der Waals surface area contributed by atoms with Crippen LogP contribution in [0.3, 0.4) is 0 Å². The maximum absolute atomic E-state index is 12.8. The van der Waals surface area contributed by atoms with Crippen LogP contribution < -0.4 is 0 Å². The lowest BCUT2D eigenvalue weighted by atomic mass is 9.98. The number of nitrogens with zero attached hydrogens (tertiary/aromatic N) is 2. The summed E-state index contributed by atoms with van der Waals surface area (Å²) in [6.07, 6.45) is -3.19. The summed E-state index contributed by atoms with van der Waals surface area (Å²) >= 11 is 0. The Morgan fingerprint density at radius 3 is 2.68 bits per heavy atom. The number of alkyl halides is 3. The number of fused-ring (bicyclic) bond motifs is 1. The summed E-state index contributed by atoms with van der Waals surface area (Å²) < 4.78 is 43.4. The summed E-state index contributed by atoms with van der Waals surface area (Å²) in [6, 6.07) is 11.6. The number of halogens is 3. The first-order valence-corrected chi connectivity index (χ1v) is 9.84. The molecule has 2 aliphatic heterocycles. The van der Waals surface area contributed by atoms with Crippen LogP contribution in [-0.2, 0) is 14.3 Å². The number of likely N-dealkylation sites (tertiary alicyclic amines) is 1. The molecule has 2 aromatic rings. The number of carboxylic acid groups (broad SMARTS) is 1. The number of benzene rings is 1. The van der Waals surface area contributed by atoms with Crippen LogP contribution in [0.25, 0.3) is 10.9 Å². The van der Waals surface area contributed by atoms with Crippen molar-refractivity contribution in [3.63, 3.8) is 0 Å². The number of para-hydroxylation sites is 1. The minimum absolute atomic E-state index is 0.0129. The van der Waals surface area contributed by atoms with Crippen molar-refractivity contribution in [2.24, 2.45) is 0 Å². The van der Waals surface area contributed by atoms with Gasteiger partial charge in [-0.1, -0.05) is 24.3 Å². The van der Waals surface area contributed by atoms with Crippen molar-refractivity contribution >= 4 is 22.8 Å². The highest BCUT2D eigenvalue weighted by Gasteiger charge is 2.47. The van der Waals surface area contributed by atoms with Crippen LogP contribution in [0.15, 0.2) is 36.4 Å². The van der Waals surface area contributed by atoms with Gasteiger partial charge in [-0.05, 0) is 25.5 Å². The van der Waals surface area contributed by atoms with Gasteiger partial charge >= 0.3 is 12.1 Å². The second-order valence-corrected chi connectivity index (χ2v) is 7.44. The van der Waals surface area contributed by atoms with Gasteiger partial charge in [-0.3, -0.25) is 4.79 Å². The first kappa shape index (κ1) is 23.0. The quantitative estimate of drug-likeness (QED) is 0.788. The zero-order valence-electron chi connectivity index (χ0n) is 16.9. The van der Waals surface area contributed by atoms with Gasteiger partial charge in [0.1, 0.15) is 5.69 Å². The molecule has 4 rings (SSSR count). The van der Waals surface area contributed by atoms with E-state index in [2.05, 4.69) is 4.98 Å². The number of pyridine rings is 1. The smallest absolute Gasteiger partial charge is 0.475 e. The number of aromatic nitrogens is 1. The van der Waals surface area contributed by atoms with E-state index in [0.717, 1.165) is 23.7 Å². The summed E-state index contributed by atoms with van der Waals surface area (Å²) in [5.41, 5.74) is 1.13. The molecule has 0 unspecified atom stereocenters. The largest absolute Gasteiger partial charge is 0.490 e. The van der Waals surface area contributed by atoms with Gasteiger partial charge in [0.25, 0.3) is 5.91 Å². The highest BCUT2D eigenvalue weighted by molar-refractivity contribution is 5.95. The number of amides is 1. The number of hydrogen-bond acceptors (Lipinski definition) is 5. The lowest BCUT2D eigenvalue weighted by Gasteiger charge is -2.23. The van der Waals surface area contributed by atoms with E-state index in [1.807, 2.05) is 48.2 Å². The Bertz CT molecular complexity index is 952. The Kier molecular flexibility index (Phi) is 6.80. The third kappa shape index (κ3) is 5.50. The van der Waals surface area contributed by atoms with E-state index in [4.69, 9.17) is 19.4 Å². The van der Waals surface area contributed by atoms with Gasteiger partial charge in [0.05, 0.1) is 30.4 Å². The molecule has 2 atom stereocenters. The molecule has 7 nitrogen and oxygen atoms in total. The standard InChI is InChI=1S/C19H22N2O3.C2HF3O2/c1-2-23-15-11-19(24-12-15)9-10-21(13-19)18(22)17-8-7-14-5-3-4-6-16(14)20-17;3-2(4,5)1(6)7/h3-8,15H,2,9-13H2,1H3;(H,6,7)/t15-,19+;/m1./s1. The molecule has 1 aromatic carbocycles. The normalized spacial score (nSPS) is 23.1. The molecule has 2 fully saturated rings. The summed E-state index contributed by atoms with van der Waals surface area (Å²) in [5, 5.41) is 8.17. The molecule has 168 valence electrons. The Hall–Kier alpha value is -2.72. The second-order valence-electron chi connectivity index (χ2n) is 7.44. The summed E-state index contributed by atoms with van der Waals surface area (Å²) in [5.74, 6) is -2.77. The molecule has 10 heteroatoms. The van der Waals surface area contributed by atoms with Crippen LogP contribution in [0.5, 0.6) is 0 Å². The molecule has 0 aliphatic carbocycles. The van der Waals surface area contributed by atoms with E-state index in [9.17, 15) is 18.0 Å². The molecule has 3 heterocycles. The molecule has 31 heavy (non-hydrogen) atoms. The van der Waals surface area contributed by atoms with Crippen molar-refractivity contribution < 1.29 is 37.3 Å². The molecule has 0 saturated carbocycles. The van der Waals surface area contributed by atoms with Crippen molar-refractivity contribution in [3.8, 4) is 0 Å². The zero-order valence-corrected chi connectivity index (χ0v) is 16.9. The second kappa shape index (κ2) is 9.19. The molecule has 1 N–H and O–H groups in total. The Labute approximate surface area is 176 Å². The molecular formula is C21H23F3N2O5. The number of aliphatic carboxylic acids is 1. The maximum atomic E-state index is 12.8. The van der Waals surface area contributed by atoms with Crippen LogP contribution in [-0.4, -0.2) is 71.1 Å². The van der Waals surface area contributed by atoms with E-state index in [0.29, 0.717) is 32.0 Å². The van der Waals surface area contributed by atoms with E-state index < -0.39 is 12.1 Å². The molecule has 2 saturated heterocycles. The third-order valence-corrected chi connectivity index (χ3v) is 5.24. The highest BCUT2D eigenvalue weighted by atomic mass is 19.4. The zero-order chi connectivity index (χ0) is 22.6. The number of hydrogen-bond donors (Lipinski definition) is 1. The van der Waals surface area contributed by atoms with Crippen LogP contribution >= 0.6 is 0 Å². The first-order valence-electron chi connectivity index (χ1n) is 9.84. The van der Waals surface area contributed by atoms with Crippen LogP contribution in [0, 0.1) is 0 Å². The van der Waals surface area contributed by atoms with Crippen molar-refractivity contribution in [2.45, 2.75) is 37.6 Å². The van der Waals surface area contributed by atoms with Crippen molar-refractivity contribution in [3.05, 3.63) is 42.1 Å². The third-order valence-electron chi connectivity index (χ3n) is 5.24. The van der Waals surface area contributed by atoms with E-state index >= 15 is 0 Å². The summed E-state index contributed by atoms with van der Waals surface area (Å²) in [4.78, 5) is 28.1. The van der Waals surface area contributed by atoms with Crippen molar-refractivity contribution in [2.75, 3.05) is 26.3 Å². The molecule has 0 radical (unpaired) electrons. The Morgan fingerprint density at radius 1 is 1.29 bits per heavy atom. The lowest BCUT2D eigenvalue weighted by molar-refractivity contribution is -0.192. The van der Waals surface area contributed by atoms with E-state index in [1.54, 1.807) is 0 Å². The predicted octanol–water partition coefficient (Wildman–Crippen LogP) is 3.28. The fraction of sp³-hybridized carbons (Fsp3) is 0.476. The van der Waals surface area contributed by atoms with Crippen molar-refractivity contribution in [1.82, 2.24) is 9.88 Å². The molecule has 1 aromatic heterocycles. The molecule has 1 amide bonds. The van der Waals surface area contributed by atoms with Gasteiger partial charge in [0, 0.05) is 25.0 Å². The fourth-order valence-electron chi connectivity index (χ4n) is 3.79. The number of ether oxygens (including phenoxy) is 2. The fourth-order valence-corrected chi connectivity index (χ4v) is 3.79. The number of carboxylic acids is 1. The van der Waals surface area contributed by atoms with Gasteiger partial charge in [0.2, 0.25) is 0 Å². The number of rotatable bonds is 3. The average Bonchev–Trinajstić information content (AvgIpc) is 3.33. The highest BCUT2D eigenvalue weighted by Crippen LogP contribution is 2.36. The lowest BCUT2D eigenvalue weighted by Crippen LogP contribution is -2.36. The van der Waals surface area contributed by atoms with E-state index in [-0.39, 0.29) is 17.6 Å². The van der Waals surface area contributed by atoms with Crippen LogP contribution in [0.1, 0.15) is 30.3 Å². The SMILES string of the molecule is CCO[C@H]1CO[C@@]2(CCN(C(=O)c3ccc4ccccc4n3)C2)C1.O=C(O)C(F)(F)F. The maximum Gasteiger partial charge on any atom is 0.490 e. The number of carbonyl (C=O) groups is 2. The van der Waals surface area contributed by atoms with Crippen LogP contribution in [0.4, 0.5) is 13.2 Å². The van der Waals surface area contributed by atoms with Gasteiger partial charge in [-0.15, -0.1) is 0 Å². The summed E-state index contributed by atoms with van der Waals surface area (Å²) in [7, 11) is 0. The molecule has 0 bridgehead atoms. The van der Waals surface area contributed by atoms with Gasteiger partial charge < -0.3 is 19.5 Å². The van der Waals surface area contributed by atoms with Crippen LogP contribution in [0.2, 0.25) is 0 Å². The number of carbonyl (C=O) groups excluding carboxylic acids is 1. The van der Waals surface area contributed by atoms with Gasteiger partial charge in [-0.2, -0.15) is 13.2 Å². The monoisotopic (exact) mass is 440 g/mol. The molecular weight excluding hydrogens is 417 g/mol. The first-order chi connectivity index (χ1) is 14.6. The Balaban J connectivity index is 0.000000339. The van der Waals surface area contributed by atoms with E-state index in [1.165, 1.54) is 0 Å². The average molecular weight is 440 g/mol. The summed E-state index contributed by atoms with van der Waals surface area (Å²) in [6.45, 7) is 4.68. The molecule has 2 aliphatic rings. The van der Waals surface area contributed by atoms with Gasteiger partial charge in [-0.25, -0.2) is 9.78 Å². The minimum Gasteiger partial charge on any atom is -0.475 e. The molecule has 1 spiro atoms. The Morgan fingerprint density at radius 2 is 2.00 bits per heavy atom. The van der Waals surface area contributed by atoms with Crippen molar-refractivity contribution in [1.29, 1.82) is 0 Å².